The maximum absolute atomic E-state index is 12.8. The topological polar surface area (TPSA) is 79.0 Å². The van der Waals surface area contributed by atoms with Crippen molar-refractivity contribution in [2.45, 2.75) is 51.0 Å². The molecule has 0 aromatic heterocycles. The van der Waals surface area contributed by atoms with Crippen LogP contribution in [0.4, 0.5) is 0 Å². The number of morpholine rings is 1. The maximum Gasteiger partial charge on any atom is 0.282 e. The Balaban J connectivity index is 1.57. The lowest BCUT2D eigenvalue weighted by atomic mass is 9.93. The van der Waals surface area contributed by atoms with Crippen molar-refractivity contribution in [3.8, 4) is 0 Å². The van der Waals surface area contributed by atoms with E-state index in [1.54, 1.807) is 0 Å². The highest BCUT2D eigenvalue weighted by molar-refractivity contribution is 7.86. The number of carbonyl (C=O) groups is 1. The Bertz CT molecular complexity index is 527. The van der Waals surface area contributed by atoms with E-state index < -0.39 is 10.2 Å². The number of nitrogens with one attached hydrogen (secondary N) is 1. The van der Waals surface area contributed by atoms with Gasteiger partial charge in [0, 0.05) is 32.2 Å². The highest BCUT2D eigenvalue weighted by Gasteiger charge is 2.36. The number of carbonyl (C=O) groups excluding carboxylic acids is 1. The van der Waals surface area contributed by atoms with Crippen molar-refractivity contribution in [2.24, 2.45) is 5.92 Å². The van der Waals surface area contributed by atoms with E-state index in [-0.39, 0.29) is 17.9 Å². The van der Waals surface area contributed by atoms with Crippen molar-refractivity contribution >= 4 is 16.1 Å². The molecule has 2 aliphatic heterocycles. The highest BCUT2D eigenvalue weighted by atomic mass is 32.2. The molecule has 8 heteroatoms. The summed E-state index contributed by atoms with van der Waals surface area (Å²) in [4.78, 5) is 12.5. The number of ether oxygens (including phenoxy) is 1. The Kier molecular flexibility index (Phi) is 6.12. The third kappa shape index (κ3) is 4.28. The molecule has 1 amide bonds. The molecule has 0 spiro atoms. The van der Waals surface area contributed by atoms with Gasteiger partial charge >= 0.3 is 0 Å². The molecular formula is C16H29N3O4S. The predicted molar refractivity (Wildman–Crippen MR) is 90.6 cm³/mol. The predicted octanol–water partition coefficient (Wildman–Crippen LogP) is 0.724. The molecule has 3 rings (SSSR count). The zero-order valence-corrected chi connectivity index (χ0v) is 15.1. The fourth-order valence-electron chi connectivity index (χ4n) is 3.87. The Morgan fingerprint density at radius 3 is 2.33 bits per heavy atom. The Morgan fingerprint density at radius 2 is 1.62 bits per heavy atom. The minimum Gasteiger partial charge on any atom is -0.379 e. The second kappa shape index (κ2) is 8.12. The number of hydrogen-bond acceptors (Lipinski definition) is 4. The molecule has 7 nitrogen and oxygen atoms in total. The fraction of sp³-hybridized carbons (Fsp3) is 0.938. The van der Waals surface area contributed by atoms with E-state index in [0.29, 0.717) is 39.4 Å². The van der Waals surface area contributed by atoms with Crippen LogP contribution in [0.1, 0.15) is 44.9 Å². The van der Waals surface area contributed by atoms with Crippen molar-refractivity contribution in [2.75, 3.05) is 39.4 Å². The first-order chi connectivity index (χ1) is 11.6. The molecule has 0 radical (unpaired) electrons. The van der Waals surface area contributed by atoms with Gasteiger partial charge in [0.2, 0.25) is 5.91 Å². The summed E-state index contributed by atoms with van der Waals surface area (Å²) in [5, 5.41) is 3.15. The van der Waals surface area contributed by atoms with Crippen molar-refractivity contribution in [3.05, 3.63) is 0 Å². The van der Waals surface area contributed by atoms with Crippen LogP contribution in [0.25, 0.3) is 0 Å². The van der Waals surface area contributed by atoms with Gasteiger partial charge in [-0.15, -0.1) is 0 Å². The lowest BCUT2D eigenvalue weighted by molar-refractivity contribution is -0.127. The van der Waals surface area contributed by atoms with E-state index in [0.717, 1.165) is 25.7 Å². The van der Waals surface area contributed by atoms with E-state index in [4.69, 9.17) is 4.74 Å². The van der Waals surface area contributed by atoms with Gasteiger partial charge in [0.15, 0.2) is 0 Å². The molecular weight excluding hydrogens is 330 g/mol. The summed E-state index contributed by atoms with van der Waals surface area (Å²) in [5.74, 6) is -0.194. The lowest BCUT2D eigenvalue weighted by Crippen LogP contribution is -2.53. The maximum atomic E-state index is 12.8. The van der Waals surface area contributed by atoms with Crippen LogP contribution in [0.15, 0.2) is 0 Å². The van der Waals surface area contributed by atoms with Crippen molar-refractivity contribution < 1.29 is 17.9 Å². The van der Waals surface area contributed by atoms with Crippen molar-refractivity contribution in [3.63, 3.8) is 0 Å². The first kappa shape index (κ1) is 18.1. The van der Waals surface area contributed by atoms with Gasteiger partial charge in [-0.2, -0.15) is 17.0 Å². The van der Waals surface area contributed by atoms with Crippen LogP contribution in [0.3, 0.4) is 0 Å². The summed E-state index contributed by atoms with van der Waals surface area (Å²) in [6, 6.07) is 0.275. The van der Waals surface area contributed by atoms with Crippen molar-refractivity contribution in [1.29, 1.82) is 0 Å². The van der Waals surface area contributed by atoms with Gasteiger partial charge in [0.05, 0.1) is 19.1 Å². The molecule has 3 aliphatic rings. The summed E-state index contributed by atoms with van der Waals surface area (Å²) in [6.07, 6.45) is 7.21. The summed E-state index contributed by atoms with van der Waals surface area (Å²) in [7, 11) is -3.48. The molecule has 1 atom stereocenters. The standard InChI is InChI=1S/C16H29N3O4S/c20-16(17-15-6-2-1-3-7-15)14-5-4-8-19(13-14)24(21,22)18-9-11-23-12-10-18/h14-15H,1-13H2,(H,17,20). The van der Waals surface area contributed by atoms with Crippen LogP contribution in [0.5, 0.6) is 0 Å². The molecule has 3 fully saturated rings. The van der Waals surface area contributed by atoms with Gasteiger partial charge in [-0.05, 0) is 25.7 Å². The van der Waals surface area contributed by atoms with Gasteiger partial charge < -0.3 is 10.1 Å². The van der Waals surface area contributed by atoms with Crippen LogP contribution in [0, 0.1) is 5.92 Å². The van der Waals surface area contributed by atoms with Crippen LogP contribution in [0.2, 0.25) is 0 Å². The smallest absolute Gasteiger partial charge is 0.282 e. The van der Waals surface area contributed by atoms with Crippen LogP contribution in [-0.4, -0.2) is 68.4 Å². The van der Waals surface area contributed by atoms with E-state index >= 15 is 0 Å². The van der Waals surface area contributed by atoms with Gasteiger partial charge in [-0.25, -0.2) is 0 Å². The normalized spacial score (nSPS) is 28.6. The van der Waals surface area contributed by atoms with E-state index in [1.165, 1.54) is 27.9 Å². The number of nitrogens with zero attached hydrogens (tertiary/aromatic N) is 2. The van der Waals surface area contributed by atoms with E-state index in [2.05, 4.69) is 5.32 Å². The Hall–Kier alpha value is -0.700. The van der Waals surface area contributed by atoms with Gasteiger partial charge in [0.1, 0.15) is 0 Å². The first-order valence-electron chi connectivity index (χ1n) is 9.21. The molecule has 1 saturated carbocycles. The molecule has 0 aromatic rings. The first-order valence-corrected chi connectivity index (χ1v) is 10.6. The average Bonchev–Trinajstić information content (AvgIpc) is 2.63. The summed E-state index contributed by atoms with van der Waals surface area (Å²) in [6.45, 7) is 2.50. The number of piperidine rings is 1. The quantitative estimate of drug-likeness (QED) is 0.802. The van der Waals surface area contributed by atoms with E-state index in [1.807, 2.05) is 0 Å². The monoisotopic (exact) mass is 359 g/mol. The molecule has 138 valence electrons. The van der Waals surface area contributed by atoms with Crippen LogP contribution >= 0.6 is 0 Å². The molecule has 24 heavy (non-hydrogen) atoms. The van der Waals surface area contributed by atoms with E-state index in [9.17, 15) is 13.2 Å². The lowest BCUT2D eigenvalue weighted by Gasteiger charge is -2.36. The number of hydrogen-bond donors (Lipinski definition) is 1. The number of amides is 1. The largest absolute Gasteiger partial charge is 0.379 e. The van der Waals surface area contributed by atoms with Gasteiger partial charge in [-0.1, -0.05) is 19.3 Å². The van der Waals surface area contributed by atoms with Gasteiger partial charge in [0.25, 0.3) is 10.2 Å². The molecule has 0 bridgehead atoms. The molecule has 2 heterocycles. The second-order valence-electron chi connectivity index (χ2n) is 7.06. The van der Waals surface area contributed by atoms with Crippen LogP contribution in [-0.2, 0) is 19.7 Å². The zero-order chi connectivity index (χ0) is 17.0. The molecule has 1 aliphatic carbocycles. The summed E-state index contributed by atoms with van der Waals surface area (Å²) >= 11 is 0. The SMILES string of the molecule is O=C(NC1CCCCC1)C1CCCN(S(=O)(=O)N2CCOCC2)C1. The zero-order valence-electron chi connectivity index (χ0n) is 14.3. The molecule has 1 N–H and O–H groups in total. The Morgan fingerprint density at radius 1 is 0.917 bits per heavy atom. The average molecular weight is 359 g/mol. The summed E-state index contributed by atoms with van der Waals surface area (Å²) in [5.41, 5.74) is 0. The minimum absolute atomic E-state index is 0.0313. The summed E-state index contributed by atoms with van der Waals surface area (Å²) < 4.78 is 33.7. The Labute approximate surface area is 144 Å². The molecule has 1 unspecified atom stereocenters. The number of rotatable bonds is 4. The third-order valence-electron chi connectivity index (χ3n) is 5.33. The second-order valence-corrected chi connectivity index (χ2v) is 8.99. The van der Waals surface area contributed by atoms with Crippen molar-refractivity contribution in [1.82, 2.24) is 13.9 Å². The molecule has 2 saturated heterocycles. The molecule has 0 aromatic carbocycles. The van der Waals surface area contributed by atoms with Crippen LogP contribution < -0.4 is 5.32 Å². The highest BCUT2D eigenvalue weighted by Crippen LogP contribution is 2.23. The fourth-order valence-corrected chi connectivity index (χ4v) is 5.54. The van der Waals surface area contributed by atoms with Gasteiger partial charge in [-0.3, -0.25) is 4.79 Å². The minimum atomic E-state index is -3.48. The third-order valence-corrected chi connectivity index (χ3v) is 7.33.